The molecule has 4 aromatic rings. The SMILES string of the molecule is Nc1[nH]ccc1-c1c(N)[nH]c(=O)n1-c1cccc2c1OC2c1ccccn1. The van der Waals surface area contributed by atoms with E-state index in [1.54, 1.807) is 18.5 Å². The molecule has 0 amide bonds. The van der Waals surface area contributed by atoms with Crippen molar-refractivity contribution >= 4 is 11.6 Å². The molecule has 134 valence electrons. The molecule has 1 unspecified atom stereocenters. The van der Waals surface area contributed by atoms with Gasteiger partial charge in [-0.15, -0.1) is 0 Å². The van der Waals surface area contributed by atoms with Gasteiger partial charge in [0.05, 0.1) is 11.4 Å². The average molecular weight is 360 g/mol. The van der Waals surface area contributed by atoms with E-state index >= 15 is 0 Å². The van der Waals surface area contributed by atoms with Crippen molar-refractivity contribution in [1.29, 1.82) is 0 Å². The first-order valence-electron chi connectivity index (χ1n) is 8.39. The number of anilines is 2. The number of pyridine rings is 1. The number of hydrogen-bond acceptors (Lipinski definition) is 5. The van der Waals surface area contributed by atoms with Crippen molar-refractivity contribution in [3.63, 3.8) is 0 Å². The fourth-order valence-electron chi connectivity index (χ4n) is 3.46. The molecule has 1 aliphatic heterocycles. The Bertz CT molecular complexity index is 1200. The maximum absolute atomic E-state index is 12.6. The number of fused-ring (bicyclic) bond motifs is 1. The smallest absolute Gasteiger partial charge is 0.332 e. The van der Waals surface area contributed by atoms with Gasteiger partial charge in [0.25, 0.3) is 0 Å². The Kier molecular flexibility index (Phi) is 3.14. The van der Waals surface area contributed by atoms with Gasteiger partial charge in [0.15, 0.2) is 11.9 Å². The summed E-state index contributed by atoms with van der Waals surface area (Å²) in [4.78, 5) is 22.5. The highest BCUT2D eigenvalue weighted by molar-refractivity contribution is 5.81. The number of rotatable bonds is 3. The third-order valence-electron chi connectivity index (χ3n) is 4.70. The van der Waals surface area contributed by atoms with Gasteiger partial charge in [-0.3, -0.25) is 14.5 Å². The van der Waals surface area contributed by atoms with Crippen LogP contribution in [0.25, 0.3) is 16.9 Å². The Morgan fingerprint density at radius 2 is 1.96 bits per heavy atom. The van der Waals surface area contributed by atoms with E-state index in [0.717, 1.165) is 11.3 Å². The molecule has 0 saturated carbocycles. The van der Waals surface area contributed by atoms with Gasteiger partial charge < -0.3 is 21.2 Å². The van der Waals surface area contributed by atoms with Crippen molar-refractivity contribution in [1.82, 2.24) is 19.5 Å². The third-order valence-corrected chi connectivity index (χ3v) is 4.70. The number of aromatic nitrogens is 4. The molecule has 8 nitrogen and oxygen atoms in total. The predicted octanol–water partition coefficient (Wildman–Crippen LogP) is 2.20. The fourth-order valence-corrected chi connectivity index (χ4v) is 3.46. The zero-order valence-corrected chi connectivity index (χ0v) is 14.1. The van der Waals surface area contributed by atoms with Crippen molar-refractivity contribution in [3.05, 3.63) is 76.6 Å². The lowest BCUT2D eigenvalue weighted by atomic mass is 9.98. The third kappa shape index (κ3) is 2.16. The molecule has 6 N–H and O–H groups in total. The van der Waals surface area contributed by atoms with E-state index in [4.69, 9.17) is 16.2 Å². The van der Waals surface area contributed by atoms with Crippen LogP contribution in [-0.4, -0.2) is 19.5 Å². The van der Waals surface area contributed by atoms with Gasteiger partial charge in [-0.05, 0) is 24.3 Å². The molecule has 0 radical (unpaired) electrons. The Morgan fingerprint density at radius 1 is 1.07 bits per heavy atom. The Hall–Kier alpha value is -3.94. The number of H-pyrrole nitrogens is 2. The summed E-state index contributed by atoms with van der Waals surface area (Å²) in [5.74, 6) is 1.30. The van der Waals surface area contributed by atoms with Crippen LogP contribution in [0.5, 0.6) is 5.75 Å². The lowest BCUT2D eigenvalue weighted by molar-refractivity contribution is 0.180. The maximum Gasteiger partial charge on any atom is 0.332 e. The summed E-state index contributed by atoms with van der Waals surface area (Å²) in [6.45, 7) is 0. The lowest BCUT2D eigenvalue weighted by Crippen LogP contribution is -2.25. The van der Waals surface area contributed by atoms with Gasteiger partial charge in [-0.1, -0.05) is 18.2 Å². The molecular formula is C19H16N6O2. The number of aromatic amines is 2. The van der Waals surface area contributed by atoms with E-state index < -0.39 is 0 Å². The van der Waals surface area contributed by atoms with E-state index in [1.165, 1.54) is 4.57 Å². The number of nitrogens with two attached hydrogens (primary N) is 2. The van der Waals surface area contributed by atoms with E-state index in [9.17, 15) is 4.79 Å². The van der Waals surface area contributed by atoms with Gasteiger partial charge in [0.2, 0.25) is 0 Å². The largest absolute Gasteiger partial charge is 0.477 e. The van der Waals surface area contributed by atoms with Crippen molar-refractivity contribution < 1.29 is 4.74 Å². The number of hydrogen-bond donors (Lipinski definition) is 4. The van der Waals surface area contributed by atoms with E-state index in [0.29, 0.717) is 28.5 Å². The number of benzene rings is 1. The molecule has 1 aliphatic rings. The number of ether oxygens (including phenoxy) is 1. The number of imidazole rings is 1. The van der Waals surface area contributed by atoms with Crippen LogP contribution < -0.4 is 21.9 Å². The van der Waals surface area contributed by atoms with E-state index in [1.807, 2.05) is 36.4 Å². The second-order valence-corrected chi connectivity index (χ2v) is 6.28. The number of nitrogen functional groups attached to an aromatic ring is 2. The second-order valence-electron chi connectivity index (χ2n) is 6.28. The molecule has 5 rings (SSSR count). The number of para-hydroxylation sites is 1. The van der Waals surface area contributed by atoms with Crippen molar-refractivity contribution in [3.8, 4) is 22.7 Å². The second kappa shape index (κ2) is 5.53. The fraction of sp³-hybridized carbons (Fsp3) is 0.0526. The summed E-state index contributed by atoms with van der Waals surface area (Å²) in [6, 6.07) is 13.1. The first-order chi connectivity index (χ1) is 13.1. The standard InChI is InChI=1S/C19H16N6O2/c20-17-10(7-9-23-17)14-18(21)24-19(26)25(14)13-6-3-4-11-15(27-16(11)13)12-5-1-2-8-22-12/h1-9,15,23H,20-21H2,(H,24,26). The van der Waals surface area contributed by atoms with Crippen LogP contribution in [0, 0.1) is 0 Å². The van der Waals surface area contributed by atoms with E-state index in [-0.39, 0.29) is 17.6 Å². The minimum Gasteiger partial charge on any atom is -0.477 e. The molecular weight excluding hydrogens is 344 g/mol. The average Bonchev–Trinajstić information content (AvgIpc) is 3.18. The van der Waals surface area contributed by atoms with Crippen LogP contribution in [0.1, 0.15) is 17.4 Å². The monoisotopic (exact) mass is 360 g/mol. The maximum atomic E-state index is 12.6. The van der Waals surface area contributed by atoms with Gasteiger partial charge >= 0.3 is 5.69 Å². The quantitative estimate of drug-likeness (QED) is 0.445. The van der Waals surface area contributed by atoms with Crippen LogP contribution in [0.2, 0.25) is 0 Å². The van der Waals surface area contributed by atoms with Crippen molar-refractivity contribution in [2.24, 2.45) is 0 Å². The van der Waals surface area contributed by atoms with Crippen molar-refractivity contribution in [2.45, 2.75) is 6.10 Å². The molecule has 0 spiro atoms. The highest BCUT2D eigenvalue weighted by Crippen LogP contribution is 2.47. The highest BCUT2D eigenvalue weighted by Gasteiger charge is 2.34. The highest BCUT2D eigenvalue weighted by atomic mass is 16.5. The van der Waals surface area contributed by atoms with Crippen LogP contribution in [0.15, 0.2) is 59.7 Å². The molecule has 0 saturated heterocycles. The Morgan fingerprint density at radius 3 is 2.70 bits per heavy atom. The van der Waals surface area contributed by atoms with Crippen LogP contribution in [0.3, 0.4) is 0 Å². The van der Waals surface area contributed by atoms with Gasteiger partial charge in [-0.2, -0.15) is 0 Å². The zero-order chi connectivity index (χ0) is 18.5. The summed E-state index contributed by atoms with van der Waals surface area (Å²) in [5.41, 5.74) is 15.2. The number of nitrogens with one attached hydrogen (secondary N) is 2. The van der Waals surface area contributed by atoms with Crippen LogP contribution >= 0.6 is 0 Å². The lowest BCUT2D eigenvalue weighted by Gasteiger charge is -2.32. The van der Waals surface area contributed by atoms with Crippen LogP contribution in [-0.2, 0) is 0 Å². The minimum absolute atomic E-state index is 0.240. The summed E-state index contributed by atoms with van der Waals surface area (Å²) in [7, 11) is 0. The summed E-state index contributed by atoms with van der Waals surface area (Å²) < 4.78 is 7.50. The summed E-state index contributed by atoms with van der Waals surface area (Å²) in [5, 5.41) is 0. The first-order valence-corrected chi connectivity index (χ1v) is 8.39. The minimum atomic E-state index is -0.360. The Labute approximate surface area is 153 Å². The molecule has 0 bridgehead atoms. The van der Waals surface area contributed by atoms with Crippen LogP contribution in [0.4, 0.5) is 11.6 Å². The molecule has 8 heteroatoms. The molecule has 1 atom stereocenters. The van der Waals surface area contributed by atoms with Gasteiger partial charge in [0, 0.05) is 23.5 Å². The number of nitrogens with zero attached hydrogens (tertiary/aromatic N) is 2. The predicted molar refractivity (Wildman–Crippen MR) is 102 cm³/mol. The summed E-state index contributed by atoms with van der Waals surface area (Å²) in [6.07, 6.45) is 3.17. The normalized spacial score (nSPS) is 15.0. The molecule has 27 heavy (non-hydrogen) atoms. The summed E-state index contributed by atoms with van der Waals surface area (Å²) >= 11 is 0. The molecule has 0 aliphatic carbocycles. The van der Waals surface area contributed by atoms with Gasteiger partial charge in [0.1, 0.15) is 17.3 Å². The van der Waals surface area contributed by atoms with E-state index in [2.05, 4.69) is 15.0 Å². The zero-order valence-electron chi connectivity index (χ0n) is 14.1. The topological polar surface area (TPSA) is 128 Å². The molecule has 1 aromatic carbocycles. The molecule has 3 aromatic heterocycles. The van der Waals surface area contributed by atoms with Gasteiger partial charge in [-0.25, -0.2) is 4.79 Å². The van der Waals surface area contributed by atoms with Crippen molar-refractivity contribution in [2.75, 3.05) is 11.5 Å². The Balaban J connectivity index is 1.68. The molecule has 4 heterocycles. The molecule has 0 fully saturated rings. The first kappa shape index (κ1) is 15.3.